The van der Waals surface area contributed by atoms with Gasteiger partial charge in [-0.05, 0) is 44.4 Å². The zero-order chi connectivity index (χ0) is 15.4. The van der Waals surface area contributed by atoms with Gasteiger partial charge in [0.15, 0.2) is 0 Å². The highest BCUT2D eigenvalue weighted by molar-refractivity contribution is 5.97. The highest BCUT2D eigenvalue weighted by Gasteiger charge is 2.30. The van der Waals surface area contributed by atoms with Crippen LogP contribution in [0.3, 0.4) is 0 Å². The van der Waals surface area contributed by atoms with Crippen LogP contribution in [0, 0.1) is 5.92 Å². The smallest absolute Gasteiger partial charge is 0.257 e. The number of hydrogen-bond acceptors (Lipinski definition) is 4. The summed E-state index contributed by atoms with van der Waals surface area (Å²) in [6.45, 7) is 3.42. The number of nitrogens with two attached hydrogens (primary N) is 1. The van der Waals surface area contributed by atoms with Gasteiger partial charge < -0.3 is 20.1 Å². The van der Waals surface area contributed by atoms with Crippen LogP contribution in [0.2, 0.25) is 0 Å². The second-order valence-electron chi connectivity index (χ2n) is 5.55. The Balaban J connectivity index is 2.26. The molecule has 0 radical (unpaired) electrons. The Bertz CT molecular complexity index is 504. The highest BCUT2D eigenvalue weighted by atomic mass is 16.5. The van der Waals surface area contributed by atoms with Crippen molar-refractivity contribution in [2.24, 2.45) is 11.7 Å². The van der Waals surface area contributed by atoms with Crippen LogP contribution in [0.15, 0.2) is 18.2 Å². The van der Waals surface area contributed by atoms with E-state index in [1.807, 2.05) is 4.90 Å². The van der Waals surface area contributed by atoms with Gasteiger partial charge in [0, 0.05) is 18.7 Å². The summed E-state index contributed by atoms with van der Waals surface area (Å²) in [5, 5.41) is 0. The van der Waals surface area contributed by atoms with Crippen molar-refractivity contribution in [1.29, 1.82) is 0 Å². The summed E-state index contributed by atoms with van der Waals surface area (Å²) in [5.74, 6) is 1.60. The normalized spacial score (nSPS) is 22.0. The molecule has 5 nitrogen and oxygen atoms in total. The van der Waals surface area contributed by atoms with Crippen molar-refractivity contribution >= 4 is 5.91 Å². The lowest BCUT2D eigenvalue weighted by Gasteiger charge is -2.38. The van der Waals surface area contributed by atoms with Crippen LogP contribution in [0.4, 0.5) is 0 Å². The van der Waals surface area contributed by atoms with E-state index in [4.69, 9.17) is 15.2 Å². The number of benzene rings is 1. The molecule has 0 saturated carbocycles. The van der Waals surface area contributed by atoms with Crippen LogP contribution in [0.1, 0.15) is 30.1 Å². The summed E-state index contributed by atoms with van der Waals surface area (Å²) in [6, 6.07) is 5.51. The molecule has 0 spiro atoms. The van der Waals surface area contributed by atoms with E-state index in [0.29, 0.717) is 36.1 Å². The minimum atomic E-state index is 0.000142. The van der Waals surface area contributed by atoms with Crippen LogP contribution < -0.4 is 15.2 Å². The molecule has 1 fully saturated rings. The SMILES string of the molecule is COc1ccc(C(=O)N2CC(CN)CCC2C)c(OC)c1. The molecule has 1 aliphatic rings. The molecule has 1 aromatic rings. The maximum absolute atomic E-state index is 12.8. The molecule has 1 aliphatic heterocycles. The van der Waals surface area contributed by atoms with Gasteiger partial charge in [-0.15, -0.1) is 0 Å². The quantitative estimate of drug-likeness (QED) is 0.920. The number of rotatable bonds is 4. The first-order valence-electron chi connectivity index (χ1n) is 7.33. The van der Waals surface area contributed by atoms with E-state index in [-0.39, 0.29) is 11.9 Å². The van der Waals surface area contributed by atoms with E-state index in [1.165, 1.54) is 0 Å². The largest absolute Gasteiger partial charge is 0.497 e. The Hall–Kier alpha value is -1.75. The summed E-state index contributed by atoms with van der Waals surface area (Å²) >= 11 is 0. The van der Waals surface area contributed by atoms with Crippen molar-refractivity contribution in [3.05, 3.63) is 23.8 Å². The molecule has 2 unspecified atom stereocenters. The van der Waals surface area contributed by atoms with E-state index in [9.17, 15) is 4.79 Å². The molecular weight excluding hydrogens is 268 g/mol. The van der Waals surface area contributed by atoms with Gasteiger partial charge in [-0.25, -0.2) is 0 Å². The summed E-state index contributed by atoms with van der Waals surface area (Å²) < 4.78 is 10.5. The molecule has 2 rings (SSSR count). The van der Waals surface area contributed by atoms with Gasteiger partial charge in [-0.3, -0.25) is 4.79 Å². The Morgan fingerprint density at radius 3 is 2.71 bits per heavy atom. The second-order valence-corrected chi connectivity index (χ2v) is 5.55. The summed E-state index contributed by atoms with van der Waals surface area (Å²) in [6.07, 6.45) is 2.08. The van der Waals surface area contributed by atoms with Crippen molar-refractivity contribution in [3.63, 3.8) is 0 Å². The zero-order valence-corrected chi connectivity index (χ0v) is 13.0. The van der Waals surface area contributed by atoms with Crippen LogP contribution >= 0.6 is 0 Å². The molecule has 1 heterocycles. The van der Waals surface area contributed by atoms with Gasteiger partial charge in [0.25, 0.3) is 5.91 Å². The van der Waals surface area contributed by atoms with E-state index >= 15 is 0 Å². The van der Waals surface area contributed by atoms with Crippen LogP contribution in [0.25, 0.3) is 0 Å². The highest BCUT2D eigenvalue weighted by Crippen LogP contribution is 2.29. The first-order chi connectivity index (χ1) is 10.1. The Labute approximate surface area is 126 Å². The topological polar surface area (TPSA) is 64.8 Å². The molecule has 0 bridgehead atoms. The van der Waals surface area contributed by atoms with Crippen LogP contribution in [-0.2, 0) is 0 Å². The second kappa shape index (κ2) is 6.80. The molecule has 1 saturated heterocycles. The lowest BCUT2D eigenvalue weighted by molar-refractivity contribution is 0.0563. The number of nitrogens with zero attached hydrogens (tertiary/aromatic N) is 1. The van der Waals surface area contributed by atoms with Crippen molar-refractivity contribution in [1.82, 2.24) is 4.90 Å². The van der Waals surface area contributed by atoms with Crippen molar-refractivity contribution in [3.8, 4) is 11.5 Å². The fraction of sp³-hybridized carbons (Fsp3) is 0.562. The van der Waals surface area contributed by atoms with Crippen LogP contribution in [-0.4, -0.2) is 44.2 Å². The van der Waals surface area contributed by atoms with Crippen LogP contribution in [0.5, 0.6) is 11.5 Å². The molecule has 21 heavy (non-hydrogen) atoms. The molecule has 5 heteroatoms. The third-order valence-corrected chi connectivity index (χ3v) is 4.21. The Morgan fingerprint density at radius 1 is 1.33 bits per heavy atom. The maximum atomic E-state index is 12.8. The average molecular weight is 292 g/mol. The minimum Gasteiger partial charge on any atom is -0.497 e. The summed E-state index contributed by atoms with van der Waals surface area (Å²) in [5.41, 5.74) is 6.34. The fourth-order valence-electron chi connectivity index (χ4n) is 2.79. The number of carbonyl (C=O) groups is 1. The van der Waals surface area contributed by atoms with Crippen molar-refractivity contribution in [2.45, 2.75) is 25.8 Å². The zero-order valence-electron chi connectivity index (χ0n) is 13.0. The molecule has 2 N–H and O–H groups in total. The third kappa shape index (κ3) is 3.29. The number of likely N-dealkylation sites (tertiary alicyclic amines) is 1. The first-order valence-corrected chi connectivity index (χ1v) is 7.33. The third-order valence-electron chi connectivity index (χ3n) is 4.21. The number of ether oxygens (including phenoxy) is 2. The molecule has 1 aromatic carbocycles. The van der Waals surface area contributed by atoms with Gasteiger partial charge in [-0.1, -0.05) is 0 Å². The number of carbonyl (C=O) groups excluding carboxylic acids is 1. The first kappa shape index (κ1) is 15.6. The molecule has 2 atom stereocenters. The van der Waals surface area contributed by atoms with Crippen molar-refractivity contribution < 1.29 is 14.3 Å². The standard InChI is InChI=1S/C16H24N2O3/c1-11-4-5-12(9-17)10-18(11)16(19)14-7-6-13(20-2)8-15(14)21-3/h6-8,11-12H,4-5,9-10,17H2,1-3H3. The number of amides is 1. The molecule has 116 valence electrons. The number of piperidine rings is 1. The van der Waals surface area contributed by atoms with E-state index < -0.39 is 0 Å². The number of hydrogen-bond donors (Lipinski definition) is 1. The predicted molar refractivity (Wildman–Crippen MR) is 81.8 cm³/mol. The van der Waals surface area contributed by atoms with E-state index in [0.717, 1.165) is 12.8 Å². The summed E-state index contributed by atoms with van der Waals surface area (Å²) in [7, 11) is 3.16. The minimum absolute atomic E-state index is 0.000142. The maximum Gasteiger partial charge on any atom is 0.257 e. The summed E-state index contributed by atoms with van der Waals surface area (Å²) in [4.78, 5) is 14.7. The molecular formula is C16H24N2O3. The van der Waals surface area contributed by atoms with Gasteiger partial charge in [-0.2, -0.15) is 0 Å². The lowest BCUT2D eigenvalue weighted by Crippen LogP contribution is -2.47. The van der Waals surface area contributed by atoms with E-state index in [2.05, 4.69) is 6.92 Å². The average Bonchev–Trinajstić information content (AvgIpc) is 2.54. The predicted octanol–water partition coefficient (Wildman–Crippen LogP) is 1.90. The molecule has 1 amide bonds. The lowest BCUT2D eigenvalue weighted by atomic mass is 9.93. The number of methoxy groups -OCH3 is 2. The Kier molecular flexibility index (Phi) is 5.07. The van der Waals surface area contributed by atoms with E-state index in [1.54, 1.807) is 32.4 Å². The van der Waals surface area contributed by atoms with Gasteiger partial charge in [0.1, 0.15) is 11.5 Å². The fourth-order valence-corrected chi connectivity index (χ4v) is 2.79. The Morgan fingerprint density at radius 2 is 2.10 bits per heavy atom. The molecule has 0 aromatic heterocycles. The van der Waals surface area contributed by atoms with Crippen molar-refractivity contribution in [2.75, 3.05) is 27.3 Å². The van der Waals surface area contributed by atoms with Gasteiger partial charge >= 0.3 is 0 Å². The van der Waals surface area contributed by atoms with Gasteiger partial charge in [0.05, 0.1) is 19.8 Å². The molecule has 0 aliphatic carbocycles. The van der Waals surface area contributed by atoms with Gasteiger partial charge in [0.2, 0.25) is 0 Å². The monoisotopic (exact) mass is 292 g/mol.